The maximum Gasteiger partial charge on any atom is 0.222 e. The highest BCUT2D eigenvalue weighted by Crippen LogP contribution is 2.21. The maximum atomic E-state index is 10.5. The van der Waals surface area contributed by atoms with Gasteiger partial charge in [-0.25, -0.2) is 4.98 Å². The summed E-state index contributed by atoms with van der Waals surface area (Å²) < 4.78 is 0. The lowest BCUT2D eigenvalue weighted by molar-refractivity contribution is 0.0848. The van der Waals surface area contributed by atoms with Gasteiger partial charge in [0.2, 0.25) is 5.95 Å². The Kier molecular flexibility index (Phi) is 4.97. The molecule has 0 saturated carbocycles. The summed E-state index contributed by atoms with van der Waals surface area (Å²) in [6.45, 7) is 7.36. The molecule has 24 heavy (non-hydrogen) atoms. The molecule has 0 radical (unpaired) electrons. The van der Waals surface area contributed by atoms with Gasteiger partial charge in [0.1, 0.15) is 5.82 Å². The summed E-state index contributed by atoms with van der Waals surface area (Å²) in [5.41, 5.74) is 7.61. The number of nitrogens with two attached hydrogens (primary N) is 1. The van der Waals surface area contributed by atoms with Crippen molar-refractivity contribution in [3.63, 3.8) is 0 Å². The van der Waals surface area contributed by atoms with Gasteiger partial charge in [-0.05, 0) is 19.4 Å². The first-order valence-corrected chi connectivity index (χ1v) is 8.36. The van der Waals surface area contributed by atoms with E-state index in [-0.39, 0.29) is 0 Å². The van der Waals surface area contributed by atoms with Crippen LogP contribution in [0.1, 0.15) is 24.3 Å². The molecule has 2 heterocycles. The topological polar surface area (TPSA) is 78.5 Å². The summed E-state index contributed by atoms with van der Waals surface area (Å²) in [5, 5.41) is 10.5. The minimum absolute atomic E-state index is 0.319. The van der Waals surface area contributed by atoms with Crippen LogP contribution < -0.4 is 10.6 Å². The summed E-state index contributed by atoms with van der Waals surface area (Å²) in [7, 11) is 0. The third-order valence-corrected chi connectivity index (χ3v) is 4.54. The van der Waals surface area contributed by atoms with Crippen molar-refractivity contribution in [2.24, 2.45) is 0 Å². The minimum Gasteiger partial charge on any atom is -0.387 e. The molecule has 1 fully saturated rings. The monoisotopic (exact) mass is 327 g/mol. The van der Waals surface area contributed by atoms with Gasteiger partial charge in [0.05, 0.1) is 6.10 Å². The molecular weight excluding hydrogens is 302 g/mol. The number of nitrogen functional groups attached to an aromatic ring is 1. The van der Waals surface area contributed by atoms with E-state index >= 15 is 0 Å². The highest BCUT2D eigenvalue weighted by molar-refractivity contribution is 5.44. The third-order valence-electron chi connectivity index (χ3n) is 4.54. The lowest BCUT2D eigenvalue weighted by Gasteiger charge is -2.41. The van der Waals surface area contributed by atoms with Gasteiger partial charge in [0.25, 0.3) is 0 Å². The molecule has 6 heteroatoms. The second-order valence-electron chi connectivity index (χ2n) is 6.44. The Morgan fingerprint density at radius 3 is 2.67 bits per heavy atom. The van der Waals surface area contributed by atoms with Crippen LogP contribution in [0.15, 0.2) is 36.4 Å². The molecule has 3 N–H and O–H groups in total. The van der Waals surface area contributed by atoms with Gasteiger partial charge >= 0.3 is 0 Å². The fraction of sp³-hybridized carbons (Fsp3) is 0.444. The van der Waals surface area contributed by atoms with E-state index < -0.39 is 6.10 Å². The molecule has 0 unspecified atom stereocenters. The van der Waals surface area contributed by atoms with Gasteiger partial charge in [0, 0.05) is 44.0 Å². The molecule has 6 nitrogen and oxygen atoms in total. The lowest BCUT2D eigenvalue weighted by atomic mass is 10.1. The predicted molar refractivity (Wildman–Crippen MR) is 95.8 cm³/mol. The molecule has 1 aromatic heterocycles. The molecule has 1 aromatic carbocycles. The number of aliphatic hydroxyl groups is 1. The molecule has 1 aliphatic rings. The summed E-state index contributed by atoms with van der Waals surface area (Å²) >= 11 is 0. The van der Waals surface area contributed by atoms with Crippen molar-refractivity contribution >= 4 is 11.8 Å². The normalized spacial score (nSPS) is 20.1. The zero-order chi connectivity index (χ0) is 17.1. The zero-order valence-corrected chi connectivity index (χ0v) is 14.3. The van der Waals surface area contributed by atoms with Crippen molar-refractivity contribution in [1.29, 1.82) is 0 Å². The van der Waals surface area contributed by atoms with Crippen molar-refractivity contribution in [3.8, 4) is 0 Å². The molecule has 1 aliphatic heterocycles. The fourth-order valence-electron chi connectivity index (χ4n) is 3.21. The average molecular weight is 327 g/mol. The number of benzene rings is 1. The van der Waals surface area contributed by atoms with Gasteiger partial charge < -0.3 is 15.7 Å². The second-order valence-corrected chi connectivity index (χ2v) is 6.44. The van der Waals surface area contributed by atoms with E-state index in [0.29, 0.717) is 18.5 Å². The van der Waals surface area contributed by atoms with E-state index in [2.05, 4.69) is 26.7 Å². The largest absolute Gasteiger partial charge is 0.387 e. The highest BCUT2D eigenvalue weighted by Gasteiger charge is 2.26. The van der Waals surface area contributed by atoms with Gasteiger partial charge in [-0.1, -0.05) is 30.3 Å². The summed E-state index contributed by atoms with van der Waals surface area (Å²) in [6, 6.07) is 12.1. The predicted octanol–water partition coefficient (Wildman–Crippen LogP) is 1.61. The smallest absolute Gasteiger partial charge is 0.222 e. The Labute approximate surface area is 142 Å². The second kappa shape index (κ2) is 7.15. The van der Waals surface area contributed by atoms with Crippen LogP contribution in [0.2, 0.25) is 0 Å². The number of hydrogen-bond acceptors (Lipinski definition) is 6. The summed E-state index contributed by atoms with van der Waals surface area (Å²) in [4.78, 5) is 13.0. The number of aliphatic hydroxyl groups excluding tert-OH is 1. The van der Waals surface area contributed by atoms with Crippen molar-refractivity contribution in [3.05, 3.63) is 47.7 Å². The molecule has 128 valence electrons. The number of β-amino-alcohol motifs (C(OH)–C–C–N with tert-alkyl or cyclic N) is 1. The first-order chi connectivity index (χ1) is 11.5. The molecule has 1 saturated heterocycles. The standard InChI is InChI=1S/C18H25N5O/c1-13-10-17(21-18(19)20-13)23-9-8-22(14(2)11-23)12-16(24)15-6-4-3-5-7-15/h3-7,10,14,16,24H,8-9,11-12H2,1-2H3,(H2,19,20,21)/t14-,16+/m0/s1. The molecular formula is C18H25N5O. The Bertz CT molecular complexity index is 658. The Morgan fingerprint density at radius 1 is 1.25 bits per heavy atom. The van der Waals surface area contributed by atoms with Crippen LogP contribution in [0.3, 0.4) is 0 Å². The first-order valence-electron chi connectivity index (χ1n) is 8.36. The van der Waals surface area contributed by atoms with Gasteiger partial charge in [-0.3, -0.25) is 4.90 Å². The summed E-state index contributed by atoms with van der Waals surface area (Å²) in [5.74, 6) is 1.20. The molecule has 2 atom stereocenters. The molecule has 0 amide bonds. The quantitative estimate of drug-likeness (QED) is 0.888. The van der Waals surface area contributed by atoms with E-state index in [1.807, 2.05) is 43.3 Å². The minimum atomic E-state index is -0.461. The van der Waals surface area contributed by atoms with Crippen LogP contribution >= 0.6 is 0 Å². The van der Waals surface area contributed by atoms with Crippen LogP contribution in [-0.4, -0.2) is 52.2 Å². The van der Waals surface area contributed by atoms with E-state index in [1.54, 1.807) is 0 Å². The zero-order valence-electron chi connectivity index (χ0n) is 14.3. The van der Waals surface area contributed by atoms with Crippen LogP contribution in [0.5, 0.6) is 0 Å². The number of aromatic nitrogens is 2. The number of rotatable bonds is 4. The molecule has 0 spiro atoms. The van der Waals surface area contributed by atoms with E-state index in [9.17, 15) is 5.11 Å². The molecule has 0 bridgehead atoms. The number of anilines is 2. The van der Waals surface area contributed by atoms with Gasteiger partial charge in [-0.15, -0.1) is 0 Å². The van der Waals surface area contributed by atoms with Crippen LogP contribution in [0, 0.1) is 6.92 Å². The van der Waals surface area contributed by atoms with E-state index in [0.717, 1.165) is 36.7 Å². The summed E-state index contributed by atoms with van der Waals surface area (Å²) in [6.07, 6.45) is -0.461. The Balaban J connectivity index is 1.63. The number of piperazine rings is 1. The number of aryl methyl sites for hydroxylation is 1. The molecule has 3 rings (SSSR count). The average Bonchev–Trinajstić information content (AvgIpc) is 2.56. The third kappa shape index (κ3) is 3.83. The van der Waals surface area contributed by atoms with E-state index in [1.165, 1.54) is 0 Å². The lowest BCUT2D eigenvalue weighted by Crippen LogP contribution is -2.53. The Morgan fingerprint density at radius 2 is 2.00 bits per heavy atom. The molecule has 0 aliphatic carbocycles. The number of hydrogen-bond donors (Lipinski definition) is 2. The molecule has 2 aromatic rings. The van der Waals surface area contributed by atoms with E-state index in [4.69, 9.17) is 5.73 Å². The van der Waals surface area contributed by atoms with Crippen LogP contribution in [0.25, 0.3) is 0 Å². The van der Waals surface area contributed by atoms with Gasteiger partial charge in [-0.2, -0.15) is 4.98 Å². The van der Waals surface area contributed by atoms with Crippen molar-refractivity contribution < 1.29 is 5.11 Å². The van der Waals surface area contributed by atoms with Gasteiger partial charge in [0.15, 0.2) is 0 Å². The highest BCUT2D eigenvalue weighted by atomic mass is 16.3. The van der Waals surface area contributed by atoms with Crippen molar-refractivity contribution in [1.82, 2.24) is 14.9 Å². The van der Waals surface area contributed by atoms with Crippen molar-refractivity contribution in [2.75, 3.05) is 36.8 Å². The first kappa shape index (κ1) is 16.7. The number of nitrogens with zero attached hydrogens (tertiary/aromatic N) is 4. The van der Waals surface area contributed by atoms with Crippen molar-refractivity contribution in [2.45, 2.75) is 26.0 Å². The maximum absolute atomic E-state index is 10.5. The fourth-order valence-corrected chi connectivity index (χ4v) is 3.21. The SMILES string of the molecule is Cc1cc(N2CCN(C[C@@H](O)c3ccccc3)[C@@H](C)C2)nc(N)n1. The van der Waals surface area contributed by atoms with Crippen LogP contribution in [0.4, 0.5) is 11.8 Å². The Hall–Kier alpha value is -2.18. The van der Waals surface area contributed by atoms with Crippen LogP contribution in [-0.2, 0) is 0 Å².